The molecule has 0 atom stereocenters. The lowest BCUT2D eigenvalue weighted by Crippen LogP contribution is -2.12. The van der Waals surface area contributed by atoms with Crippen LogP contribution in [0.5, 0.6) is 0 Å². The van der Waals surface area contributed by atoms with E-state index in [-0.39, 0.29) is 0 Å². The minimum atomic E-state index is -0.992. The van der Waals surface area contributed by atoms with Crippen molar-refractivity contribution in [1.29, 1.82) is 0 Å². The molecule has 0 bridgehead atoms. The van der Waals surface area contributed by atoms with Gasteiger partial charge in [0.1, 0.15) is 0 Å². The fourth-order valence-electron chi connectivity index (χ4n) is 1.68. The number of hydrogen-bond acceptors (Lipinski definition) is 4. The van der Waals surface area contributed by atoms with Gasteiger partial charge in [-0.15, -0.1) is 0 Å². The molecule has 1 heterocycles. The molecule has 1 aromatic carbocycles. The first-order valence-electron chi connectivity index (χ1n) is 5.24. The highest BCUT2D eigenvalue weighted by Crippen LogP contribution is 2.24. The van der Waals surface area contributed by atoms with E-state index in [1.54, 1.807) is 24.4 Å². The molecule has 0 unspecified atom stereocenters. The van der Waals surface area contributed by atoms with Gasteiger partial charge >= 0.3 is 11.7 Å². The number of methoxy groups -OCH3 is 1. The molecule has 0 saturated heterocycles. The predicted octanol–water partition coefficient (Wildman–Crippen LogP) is 2.61. The number of hydrogen-bond donors (Lipinski definition) is 1. The van der Waals surface area contributed by atoms with Gasteiger partial charge in [-0.05, 0) is 12.1 Å². The van der Waals surface area contributed by atoms with Gasteiger partial charge in [-0.1, -0.05) is 17.7 Å². The Morgan fingerprint density at radius 1 is 1.53 bits per heavy atom. The van der Waals surface area contributed by atoms with Crippen LogP contribution in [0, 0.1) is 10.1 Å². The molecule has 2 rings (SSSR count). The fourth-order valence-corrected chi connectivity index (χ4v) is 1.85. The van der Waals surface area contributed by atoms with Crippen LogP contribution in [-0.4, -0.2) is 23.0 Å². The summed E-state index contributed by atoms with van der Waals surface area (Å²) in [7, 11) is 1.09. The summed E-state index contributed by atoms with van der Waals surface area (Å²) in [6, 6.07) is 5.08. The van der Waals surface area contributed by atoms with Gasteiger partial charge in [0.2, 0.25) is 0 Å². The van der Waals surface area contributed by atoms with Crippen molar-refractivity contribution in [2.24, 2.45) is 0 Å². The van der Waals surface area contributed by atoms with Crippen LogP contribution < -0.4 is 0 Å². The van der Waals surface area contributed by atoms with E-state index in [9.17, 15) is 14.9 Å². The number of aromatic amines is 1. The molecule has 0 aliphatic carbocycles. The Morgan fingerprint density at radius 3 is 2.89 bits per heavy atom. The number of aromatic nitrogens is 1. The van der Waals surface area contributed by atoms with Crippen LogP contribution in [0.3, 0.4) is 0 Å². The monoisotopic (exact) mass is 280 g/mol. The molecule has 0 radical (unpaired) electrons. The Balaban J connectivity index is 2.55. The molecule has 0 spiro atoms. The van der Waals surface area contributed by atoms with Gasteiger partial charge in [0.25, 0.3) is 0 Å². The van der Waals surface area contributed by atoms with Crippen LogP contribution in [0.25, 0.3) is 17.0 Å². The van der Waals surface area contributed by atoms with Gasteiger partial charge in [-0.2, -0.15) is 0 Å². The summed E-state index contributed by atoms with van der Waals surface area (Å²) in [5.74, 6) is -0.992. The van der Waals surface area contributed by atoms with E-state index in [0.717, 1.165) is 18.0 Å². The average Bonchev–Trinajstić information content (AvgIpc) is 2.76. The molecule has 6 nitrogen and oxygen atoms in total. The first-order valence-corrected chi connectivity index (χ1v) is 5.61. The van der Waals surface area contributed by atoms with Crippen LogP contribution in [0.1, 0.15) is 5.56 Å². The molecule has 0 aliphatic rings. The number of nitro groups is 1. The summed E-state index contributed by atoms with van der Waals surface area (Å²) in [6.07, 6.45) is 2.73. The molecule has 7 heteroatoms. The number of rotatable bonds is 3. The SMILES string of the molecule is COC(=O)/C(=C/c1c[nH]c2cc(Cl)ccc12)[N+](=O)[O-]. The van der Waals surface area contributed by atoms with Crippen molar-refractivity contribution in [2.45, 2.75) is 0 Å². The molecule has 1 aromatic heterocycles. The number of esters is 1. The highest BCUT2D eigenvalue weighted by atomic mass is 35.5. The quantitative estimate of drug-likeness (QED) is 0.405. The molecular weight excluding hydrogens is 272 g/mol. The molecule has 0 saturated carbocycles. The topological polar surface area (TPSA) is 85.2 Å². The smallest absolute Gasteiger partial charge is 0.409 e. The lowest BCUT2D eigenvalue weighted by Gasteiger charge is -1.96. The number of halogens is 1. The number of nitrogens with one attached hydrogen (secondary N) is 1. The summed E-state index contributed by atoms with van der Waals surface area (Å²) < 4.78 is 4.37. The van der Waals surface area contributed by atoms with E-state index in [0.29, 0.717) is 10.6 Å². The molecule has 0 amide bonds. The second-order valence-electron chi connectivity index (χ2n) is 3.71. The van der Waals surface area contributed by atoms with Crippen molar-refractivity contribution >= 4 is 34.5 Å². The second kappa shape index (κ2) is 5.11. The minimum absolute atomic E-state index is 0.517. The molecule has 1 N–H and O–H groups in total. The summed E-state index contributed by atoms with van der Waals surface area (Å²) in [5, 5.41) is 12.1. The van der Waals surface area contributed by atoms with E-state index in [1.807, 2.05) is 0 Å². The average molecular weight is 281 g/mol. The van der Waals surface area contributed by atoms with Gasteiger partial charge in [0, 0.05) is 33.8 Å². The second-order valence-corrected chi connectivity index (χ2v) is 4.15. The van der Waals surface area contributed by atoms with Crippen molar-refractivity contribution in [3.8, 4) is 0 Å². The normalized spacial score (nSPS) is 11.6. The van der Waals surface area contributed by atoms with Gasteiger partial charge in [0.05, 0.1) is 12.0 Å². The zero-order valence-corrected chi connectivity index (χ0v) is 10.6. The van der Waals surface area contributed by atoms with E-state index < -0.39 is 16.6 Å². The number of nitrogens with zero attached hydrogens (tertiary/aromatic N) is 1. The van der Waals surface area contributed by atoms with Gasteiger partial charge in [-0.25, -0.2) is 4.79 Å². The highest BCUT2D eigenvalue weighted by molar-refractivity contribution is 6.31. The number of carbonyl (C=O) groups excluding carboxylic acids is 1. The number of H-pyrrole nitrogens is 1. The Bertz CT molecular complexity index is 690. The van der Waals surface area contributed by atoms with Gasteiger partial charge in [-0.3, -0.25) is 10.1 Å². The standard InChI is InChI=1S/C12H9ClN2O4/c1-19-12(16)11(15(17)18)4-7-6-14-10-5-8(13)2-3-9(7)10/h2-6,14H,1H3/b11-4-. The fraction of sp³-hybridized carbons (Fsp3) is 0.0833. The van der Waals surface area contributed by atoms with Crippen LogP contribution in [0.2, 0.25) is 5.02 Å². The number of carbonyl (C=O) groups is 1. The Hall–Kier alpha value is -2.34. The van der Waals surface area contributed by atoms with Crippen LogP contribution in [0.15, 0.2) is 30.1 Å². The highest BCUT2D eigenvalue weighted by Gasteiger charge is 2.23. The predicted molar refractivity (Wildman–Crippen MR) is 70.3 cm³/mol. The third-order valence-corrected chi connectivity index (χ3v) is 2.79. The zero-order valence-electron chi connectivity index (χ0n) is 9.84. The van der Waals surface area contributed by atoms with Crippen molar-refractivity contribution in [2.75, 3.05) is 7.11 Å². The first-order chi connectivity index (χ1) is 9.02. The largest absolute Gasteiger partial charge is 0.461 e. The Labute approximate surface area is 112 Å². The maximum Gasteiger partial charge on any atom is 0.409 e. The van der Waals surface area contributed by atoms with Crippen molar-refractivity contribution < 1.29 is 14.5 Å². The Kier molecular flexibility index (Phi) is 3.52. The number of fused-ring (bicyclic) bond motifs is 1. The van der Waals surface area contributed by atoms with Crippen molar-refractivity contribution in [3.63, 3.8) is 0 Å². The van der Waals surface area contributed by atoms with Gasteiger partial charge in [0.15, 0.2) is 0 Å². The molecule has 19 heavy (non-hydrogen) atoms. The lowest BCUT2D eigenvalue weighted by molar-refractivity contribution is -0.419. The van der Waals surface area contributed by atoms with Crippen LogP contribution in [0.4, 0.5) is 0 Å². The molecule has 98 valence electrons. The summed E-state index contributed by atoms with van der Waals surface area (Å²) >= 11 is 5.84. The number of benzene rings is 1. The lowest BCUT2D eigenvalue weighted by atomic mass is 10.1. The molecular formula is C12H9ClN2O4. The van der Waals surface area contributed by atoms with Crippen molar-refractivity contribution in [3.05, 3.63) is 50.8 Å². The molecule has 2 aromatic rings. The molecule has 0 aliphatic heterocycles. The van der Waals surface area contributed by atoms with E-state index in [4.69, 9.17) is 11.6 Å². The third-order valence-electron chi connectivity index (χ3n) is 2.56. The summed E-state index contributed by atoms with van der Waals surface area (Å²) in [4.78, 5) is 24.3. The van der Waals surface area contributed by atoms with Crippen LogP contribution in [-0.2, 0) is 9.53 Å². The molecule has 0 fully saturated rings. The minimum Gasteiger partial charge on any atom is -0.461 e. The van der Waals surface area contributed by atoms with E-state index in [2.05, 4.69) is 9.72 Å². The summed E-state index contributed by atoms with van der Waals surface area (Å²) in [5.41, 5.74) is 0.619. The summed E-state index contributed by atoms with van der Waals surface area (Å²) in [6.45, 7) is 0. The van der Waals surface area contributed by atoms with Crippen LogP contribution >= 0.6 is 11.6 Å². The third kappa shape index (κ3) is 2.58. The van der Waals surface area contributed by atoms with E-state index >= 15 is 0 Å². The maximum absolute atomic E-state index is 11.3. The Morgan fingerprint density at radius 2 is 2.26 bits per heavy atom. The van der Waals surface area contributed by atoms with Crippen molar-refractivity contribution in [1.82, 2.24) is 4.98 Å². The van der Waals surface area contributed by atoms with Gasteiger partial charge < -0.3 is 9.72 Å². The maximum atomic E-state index is 11.3. The number of ether oxygens (including phenoxy) is 1. The zero-order chi connectivity index (χ0) is 14.0. The van der Waals surface area contributed by atoms with E-state index in [1.165, 1.54) is 6.08 Å². The first kappa shape index (κ1) is 13.1.